The number of hydrogen-bond acceptors (Lipinski definition) is 3. The molecular weight excluding hydrogens is 425 g/mol. The topological polar surface area (TPSA) is 49.9 Å². The number of unbranched alkanes of at least 4 members (excludes halogenated alkanes) is 1. The fourth-order valence-electron chi connectivity index (χ4n) is 3.86. The van der Waals surface area contributed by atoms with Crippen molar-refractivity contribution in [2.45, 2.75) is 82.0 Å². The lowest BCUT2D eigenvalue weighted by molar-refractivity contribution is -0.343. The Labute approximate surface area is 169 Å². The summed E-state index contributed by atoms with van der Waals surface area (Å²) in [5.74, 6) is -0.976. The molecule has 2 heterocycles. The number of piperidine rings is 1. The monoisotopic (exact) mass is 450 g/mol. The number of rotatable bonds is 7. The van der Waals surface area contributed by atoms with Crippen molar-refractivity contribution in [3.8, 4) is 0 Å². The summed E-state index contributed by atoms with van der Waals surface area (Å²) in [6.07, 6.45) is -12.8. The van der Waals surface area contributed by atoms with E-state index < -0.39 is 42.9 Å². The molecule has 0 spiro atoms. The number of amides is 2. The van der Waals surface area contributed by atoms with Crippen LogP contribution in [0.2, 0.25) is 0 Å². The maximum Gasteiger partial charge on any atom is 0.431 e. The summed E-state index contributed by atoms with van der Waals surface area (Å²) >= 11 is 0. The van der Waals surface area contributed by atoms with Crippen molar-refractivity contribution in [3.63, 3.8) is 0 Å². The molecule has 0 aromatic heterocycles. The molecule has 5 nitrogen and oxygen atoms in total. The minimum atomic E-state index is -6.16. The number of hydrogen-bond donors (Lipinski definition) is 0. The number of cyclic esters (lactones) is 1. The van der Waals surface area contributed by atoms with E-state index in [0.717, 1.165) is 24.2 Å². The second-order valence-corrected chi connectivity index (χ2v) is 7.69. The van der Waals surface area contributed by atoms with Gasteiger partial charge in [0.05, 0.1) is 6.04 Å². The molecule has 2 amide bonds. The molecule has 0 aromatic carbocycles. The van der Waals surface area contributed by atoms with Crippen molar-refractivity contribution < 1.29 is 45.1 Å². The van der Waals surface area contributed by atoms with Gasteiger partial charge in [-0.3, -0.25) is 9.69 Å². The Hall–Kier alpha value is -1.75. The zero-order valence-electron chi connectivity index (χ0n) is 16.5. The van der Waals surface area contributed by atoms with Crippen LogP contribution >= 0.6 is 0 Å². The first kappa shape index (κ1) is 24.5. The Morgan fingerprint density at radius 2 is 1.63 bits per heavy atom. The van der Waals surface area contributed by atoms with E-state index in [-0.39, 0.29) is 31.8 Å². The largest absolute Gasteiger partial charge is 0.447 e. The molecule has 0 radical (unpaired) electrons. The molecule has 2 fully saturated rings. The zero-order chi connectivity index (χ0) is 22.7. The van der Waals surface area contributed by atoms with Gasteiger partial charge >= 0.3 is 18.4 Å². The molecule has 12 heteroatoms. The average Bonchev–Trinajstić information content (AvgIpc) is 3.02. The molecule has 0 N–H and O–H groups in total. The SMILES string of the molecule is CCCCC1COC(=O)N1C1CCN(C(=O)CCC(F)(C(F)(F)F)C(F)(F)F)CC1. The van der Waals surface area contributed by atoms with Gasteiger partial charge in [-0.15, -0.1) is 0 Å². The lowest BCUT2D eigenvalue weighted by Crippen LogP contribution is -2.54. The van der Waals surface area contributed by atoms with E-state index in [4.69, 9.17) is 4.74 Å². The average molecular weight is 450 g/mol. The van der Waals surface area contributed by atoms with Gasteiger partial charge in [-0.2, -0.15) is 26.3 Å². The van der Waals surface area contributed by atoms with Gasteiger partial charge in [-0.1, -0.05) is 19.8 Å². The molecule has 2 rings (SSSR count). The van der Waals surface area contributed by atoms with E-state index in [2.05, 4.69) is 0 Å². The van der Waals surface area contributed by atoms with Crippen molar-refractivity contribution >= 4 is 12.0 Å². The Balaban J connectivity index is 1.92. The first-order valence-electron chi connectivity index (χ1n) is 9.87. The number of halogens is 7. The maximum atomic E-state index is 13.7. The highest BCUT2D eigenvalue weighted by atomic mass is 19.4. The number of likely N-dealkylation sites (tertiary alicyclic amines) is 1. The number of alkyl halides is 7. The Morgan fingerprint density at radius 1 is 1.07 bits per heavy atom. The number of nitrogens with zero attached hydrogens (tertiary/aromatic N) is 2. The highest BCUT2D eigenvalue weighted by molar-refractivity contribution is 5.76. The molecule has 174 valence electrons. The summed E-state index contributed by atoms with van der Waals surface area (Å²) < 4.78 is 94.5. The third kappa shape index (κ3) is 5.11. The van der Waals surface area contributed by atoms with E-state index in [9.17, 15) is 40.3 Å². The van der Waals surface area contributed by atoms with Crippen LogP contribution in [0, 0.1) is 0 Å². The molecule has 0 aliphatic carbocycles. The van der Waals surface area contributed by atoms with Crippen molar-refractivity contribution in [1.29, 1.82) is 0 Å². The highest BCUT2D eigenvalue weighted by Gasteiger charge is 2.72. The fourth-order valence-corrected chi connectivity index (χ4v) is 3.86. The number of carbonyl (C=O) groups is 2. The third-order valence-electron chi connectivity index (χ3n) is 5.69. The normalized spacial score (nSPS) is 21.9. The van der Waals surface area contributed by atoms with E-state index in [0.29, 0.717) is 12.8 Å². The molecule has 0 bridgehead atoms. The summed E-state index contributed by atoms with van der Waals surface area (Å²) in [7, 11) is 0. The van der Waals surface area contributed by atoms with Crippen molar-refractivity contribution in [2.24, 2.45) is 0 Å². The summed E-state index contributed by atoms with van der Waals surface area (Å²) in [5.41, 5.74) is -5.43. The van der Waals surface area contributed by atoms with Crippen molar-refractivity contribution in [3.05, 3.63) is 0 Å². The van der Waals surface area contributed by atoms with Crippen LogP contribution in [0.5, 0.6) is 0 Å². The van der Waals surface area contributed by atoms with Gasteiger partial charge in [0.25, 0.3) is 5.67 Å². The first-order chi connectivity index (χ1) is 13.8. The molecule has 2 aliphatic rings. The van der Waals surface area contributed by atoms with Crippen molar-refractivity contribution in [1.82, 2.24) is 9.80 Å². The minimum Gasteiger partial charge on any atom is -0.447 e. The molecule has 2 aliphatic heterocycles. The van der Waals surface area contributed by atoms with Gasteiger partial charge in [0.15, 0.2) is 0 Å². The molecular formula is C18H25F7N2O3. The summed E-state index contributed by atoms with van der Waals surface area (Å²) in [6.45, 7) is 2.40. The van der Waals surface area contributed by atoms with E-state index in [1.807, 2.05) is 6.92 Å². The lowest BCUT2D eigenvalue weighted by Gasteiger charge is -2.38. The van der Waals surface area contributed by atoms with Crippen LogP contribution in [0.1, 0.15) is 51.9 Å². The van der Waals surface area contributed by atoms with Gasteiger partial charge in [0.1, 0.15) is 6.61 Å². The lowest BCUT2D eigenvalue weighted by atomic mass is 9.96. The minimum absolute atomic E-state index is 0.0606. The Bertz CT molecular complexity index is 602. The second-order valence-electron chi connectivity index (χ2n) is 7.69. The Morgan fingerprint density at radius 3 is 2.13 bits per heavy atom. The van der Waals surface area contributed by atoms with Crippen LogP contribution in [0.25, 0.3) is 0 Å². The third-order valence-corrected chi connectivity index (χ3v) is 5.69. The maximum absolute atomic E-state index is 13.7. The molecule has 1 unspecified atom stereocenters. The molecule has 0 saturated carbocycles. The standard InChI is InChI=1S/C18H25F7N2O3/c1-2-3-4-13-11-30-15(29)27(13)12-6-9-26(10-7-12)14(28)5-8-16(19,17(20,21)22)18(23,24)25/h12-13H,2-11H2,1H3. The van der Waals surface area contributed by atoms with Crippen molar-refractivity contribution in [2.75, 3.05) is 19.7 Å². The smallest absolute Gasteiger partial charge is 0.431 e. The second kappa shape index (κ2) is 9.17. The predicted molar refractivity (Wildman–Crippen MR) is 91.3 cm³/mol. The predicted octanol–water partition coefficient (Wildman–Crippen LogP) is 4.60. The van der Waals surface area contributed by atoms with Gasteiger partial charge in [0.2, 0.25) is 5.91 Å². The van der Waals surface area contributed by atoms with Crippen LogP contribution in [0.15, 0.2) is 0 Å². The fraction of sp³-hybridized carbons (Fsp3) is 0.889. The van der Waals surface area contributed by atoms with Crippen LogP contribution < -0.4 is 0 Å². The van der Waals surface area contributed by atoms with E-state index in [1.165, 1.54) is 0 Å². The summed E-state index contributed by atoms with van der Waals surface area (Å²) in [6, 6.07) is -0.313. The van der Waals surface area contributed by atoms with Crippen LogP contribution in [-0.4, -0.2) is 71.6 Å². The first-order valence-corrected chi connectivity index (χ1v) is 9.87. The molecule has 30 heavy (non-hydrogen) atoms. The highest BCUT2D eigenvalue weighted by Crippen LogP contribution is 2.49. The molecule has 0 aromatic rings. The van der Waals surface area contributed by atoms with Gasteiger partial charge < -0.3 is 9.64 Å². The van der Waals surface area contributed by atoms with Gasteiger partial charge in [-0.05, 0) is 19.3 Å². The zero-order valence-corrected chi connectivity index (χ0v) is 16.5. The number of ether oxygens (including phenoxy) is 1. The van der Waals surface area contributed by atoms with Crippen LogP contribution in [0.4, 0.5) is 35.5 Å². The summed E-state index contributed by atoms with van der Waals surface area (Å²) in [4.78, 5) is 26.9. The van der Waals surface area contributed by atoms with E-state index in [1.54, 1.807) is 4.90 Å². The molecule has 2 saturated heterocycles. The quantitative estimate of drug-likeness (QED) is 0.533. The molecule has 1 atom stereocenters. The van der Waals surface area contributed by atoms with Gasteiger partial charge in [-0.25, -0.2) is 9.18 Å². The van der Waals surface area contributed by atoms with E-state index >= 15 is 0 Å². The van der Waals surface area contributed by atoms with Crippen LogP contribution in [-0.2, 0) is 9.53 Å². The van der Waals surface area contributed by atoms with Gasteiger partial charge in [0, 0.05) is 32.0 Å². The van der Waals surface area contributed by atoms with Crippen LogP contribution in [0.3, 0.4) is 0 Å². The number of carbonyl (C=O) groups excluding carboxylic acids is 2. The Kier molecular flexibility index (Phi) is 7.49. The summed E-state index contributed by atoms with van der Waals surface area (Å²) in [5, 5.41) is 0.